The van der Waals surface area contributed by atoms with Gasteiger partial charge in [-0.05, 0) is 11.6 Å². The number of phenols is 1. The van der Waals surface area contributed by atoms with Gasteiger partial charge >= 0.3 is 5.63 Å². The van der Waals surface area contributed by atoms with E-state index < -0.39 is 5.63 Å². The summed E-state index contributed by atoms with van der Waals surface area (Å²) in [4.78, 5) is 16.1. The van der Waals surface area contributed by atoms with Crippen molar-refractivity contribution in [2.24, 2.45) is 0 Å². The molecule has 2 aromatic heterocycles. The van der Waals surface area contributed by atoms with E-state index in [-0.39, 0.29) is 16.9 Å². The lowest BCUT2D eigenvalue weighted by atomic mass is 10.0. The fourth-order valence-corrected chi connectivity index (χ4v) is 2.63. The molecule has 1 N–H and O–H groups in total. The van der Waals surface area contributed by atoms with Gasteiger partial charge in [0.25, 0.3) is 0 Å². The van der Waals surface area contributed by atoms with E-state index in [2.05, 4.69) is 4.98 Å². The van der Waals surface area contributed by atoms with Crippen LogP contribution in [0, 0.1) is 6.92 Å². The van der Waals surface area contributed by atoms with Crippen LogP contribution in [0.4, 0.5) is 0 Å². The normalized spacial score (nSPS) is 11.3. The number of benzene rings is 2. The smallest absolute Gasteiger partial charge is 0.336 e. The molecule has 2 heterocycles. The Morgan fingerprint density at radius 2 is 1.82 bits per heavy atom. The van der Waals surface area contributed by atoms with Crippen molar-refractivity contribution in [3.8, 4) is 16.9 Å². The molecule has 4 rings (SSSR count). The van der Waals surface area contributed by atoms with Gasteiger partial charge in [-0.3, -0.25) is 0 Å². The van der Waals surface area contributed by atoms with E-state index >= 15 is 0 Å². The van der Waals surface area contributed by atoms with E-state index in [1.54, 1.807) is 13.0 Å². The summed E-state index contributed by atoms with van der Waals surface area (Å²) in [6, 6.07) is 12.6. The summed E-state index contributed by atoms with van der Waals surface area (Å²) in [6.07, 6.45) is 0. The Morgan fingerprint density at radius 3 is 2.59 bits per heavy atom. The van der Waals surface area contributed by atoms with E-state index in [4.69, 9.17) is 8.83 Å². The Kier molecular flexibility index (Phi) is 2.56. The van der Waals surface area contributed by atoms with Crippen LogP contribution in [-0.2, 0) is 0 Å². The van der Waals surface area contributed by atoms with Gasteiger partial charge in [-0.1, -0.05) is 30.3 Å². The highest BCUT2D eigenvalue weighted by atomic mass is 16.4. The number of aromatic hydroxyl groups is 1. The van der Waals surface area contributed by atoms with Crippen molar-refractivity contribution in [2.75, 3.05) is 0 Å². The lowest BCUT2D eigenvalue weighted by Crippen LogP contribution is -1.98. The van der Waals surface area contributed by atoms with Gasteiger partial charge in [-0.15, -0.1) is 0 Å². The summed E-state index contributed by atoms with van der Waals surface area (Å²) in [5, 5.41) is 11.0. The van der Waals surface area contributed by atoms with Crippen molar-refractivity contribution in [3.63, 3.8) is 0 Å². The van der Waals surface area contributed by atoms with E-state index in [0.717, 1.165) is 5.56 Å². The molecule has 0 unspecified atom stereocenters. The first-order valence-electron chi connectivity index (χ1n) is 6.76. The minimum atomic E-state index is -0.530. The molecular weight excluding hydrogens is 282 g/mol. The van der Waals surface area contributed by atoms with E-state index in [9.17, 15) is 9.90 Å². The zero-order chi connectivity index (χ0) is 15.3. The van der Waals surface area contributed by atoms with Gasteiger partial charge in [0.1, 0.15) is 5.52 Å². The van der Waals surface area contributed by atoms with Crippen LogP contribution in [0.5, 0.6) is 5.75 Å². The lowest BCUT2D eigenvalue weighted by molar-refractivity contribution is 0.446. The molecule has 5 heteroatoms. The third-order valence-electron chi connectivity index (χ3n) is 3.56. The number of fused-ring (bicyclic) bond motifs is 2. The summed E-state index contributed by atoms with van der Waals surface area (Å²) in [5.41, 5.74) is 1.86. The van der Waals surface area contributed by atoms with Crippen molar-refractivity contribution in [3.05, 3.63) is 58.8 Å². The van der Waals surface area contributed by atoms with Gasteiger partial charge in [0, 0.05) is 23.9 Å². The number of rotatable bonds is 1. The summed E-state index contributed by atoms with van der Waals surface area (Å²) in [7, 11) is 0. The first-order valence-corrected chi connectivity index (χ1v) is 6.76. The quantitative estimate of drug-likeness (QED) is 0.542. The number of aromatic nitrogens is 1. The van der Waals surface area contributed by atoms with E-state index in [0.29, 0.717) is 22.4 Å². The minimum absolute atomic E-state index is 0.106. The maximum Gasteiger partial charge on any atom is 0.336 e. The zero-order valence-corrected chi connectivity index (χ0v) is 11.7. The van der Waals surface area contributed by atoms with Gasteiger partial charge in [0.15, 0.2) is 17.1 Å². The van der Waals surface area contributed by atoms with E-state index in [1.807, 2.05) is 30.3 Å². The first kappa shape index (κ1) is 12.6. The third kappa shape index (κ3) is 1.79. The zero-order valence-electron chi connectivity index (χ0n) is 11.7. The minimum Gasteiger partial charge on any atom is -0.502 e. The second kappa shape index (κ2) is 4.46. The molecule has 0 aliphatic heterocycles. The van der Waals surface area contributed by atoms with Crippen molar-refractivity contribution in [1.29, 1.82) is 0 Å². The van der Waals surface area contributed by atoms with Crippen molar-refractivity contribution in [1.82, 2.24) is 4.98 Å². The standard InChI is InChI=1S/C17H11NO4/c1-9-18-13-7-12-11(10-5-3-2-4-6-10)8-14(19)22-16(12)15(20)17(13)21-9/h2-8,20H,1H3. The fourth-order valence-electron chi connectivity index (χ4n) is 2.63. The highest BCUT2D eigenvalue weighted by molar-refractivity contribution is 6.04. The highest BCUT2D eigenvalue weighted by Gasteiger charge is 2.17. The van der Waals surface area contributed by atoms with Crippen LogP contribution in [0.2, 0.25) is 0 Å². The summed E-state index contributed by atoms with van der Waals surface area (Å²) in [5.74, 6) is 0.229. The average Bonchev–Trinajstić information content (AvgIpc) is 2.89. The summed E-state index contributed by atoms with van der Waals surface area (Å²) >= 11 is 0. The molecule has 0 bridgehead atoms. The topological polar surface area (TPSA) is 76.5 Å². The molecule has 22 heavy (non-hydrogen) atoms. The number of phenolic OH excluding ortho intramolecular Hbond substituents is 1. The van der Waals surface area contributed by atoms with E-state index in [1.165, 1.54) is 6.07 Å². The summed E-state index contributed by atoms with van der Waals surface area (Å²) in [6.45, 7) is 1.69. The molecule has 4 aromatic rings. The van der Waals surface area contributed by atoms with Gasteiger partial charge in [0.2, 0.25) is 5.75 Å². The summed E-state index contributed by atoms with van der Waals surface area (Å²) < 4.78 is 10.5. The number of hydrogen-bond acceptors (Lipinski definition) is 5. The molecule has 2 aromatic carbocycles. The van der Waals surface area contributed by atoms with Crippen LogP contribution in [0.25, 0.3) is 33.2 Å². The molecular formula is C17H11NO4. The number of oxazole rings is 1. The fraction of sp³-hybridized carbons (Fsp3) is 0.0588. The van der Waals surface area contributed by atoms with Crippen LogP contribution >= 0.6 is 0 Å². The average molecular weight is 293 g/mol. The monoisotopic (exact) mass is 293 g/mol. The molecule has 0 amide bonds. The van der Waals surface area contributed by atoms with Crippen molar-refractivity contribution in [2.45, 2.75) is 6.92 Å². The van der Waals surface area contributed by atoms with Crippen molar-refractivity contribution >= 4 is 22.1 Å². The van der Waals surface area contributed by atoms with Gasteiger partial charge in [0.05, 0.1) is 0 Å². The molecule has 0 aliphatic rings. The largest absolute Gasteiger partial charge is 0.502 e. The molecule has 0 radical (unpaired) electrons. The van der Waals surface area contributed by atoms with Crippen LogP contribution in [0.3, 0.4) is 0 Å². The number of hydrogen-bond donors (Lipinski definition) is 1. The highest BCUT2D eigenvalue weighted by Crippen LogP contribution is 2.37. The van der Waals surface area contributed by atoms with Crippen LogP contribution in [0.15, 0.2) is 56.1 Å². The van der Waals surface area contributed by atoms with Gasteiger partial charge in [-0.25, -0.2) is 9.78 Å². The second-order valence-electron chi connectivity index (χ2n) is 5.03. The van der Waals surface area contributed by atoms with Gasteiger partial charge < -0.3 is 13.9 Å². The molecule has 0 aliphatic carbocycles. The lowest BCUT2D eigenvalue weighted by Gasteiger charge is -2.06. The molecule has 0 fully saturated rings. The number of aryl methyl sites for hydroxylation is 1. The van der Waals surface area contributed by atoms with Crippen molar-refractivity contribution < 1.29 is 13.9 Å². The third-order valence-corrected chi connectivity index (χ3v) is 3.56. The Balaban J connectivity index is 2.20. The molecule has 108 valence electrons. The predicted molar refractivity (Wildman–Crippen MR) is 81.9 cm³/mol. The van der Waals surface area contributed by atoms with Crippen LogP contribution < -0.4 is 5.63 Å². The van der Waals surface area contributed by atoms with Crippen LogP contribution in [0.1, 0.15) is 5.89 Å². The predicted octanol–water partition coefficient (Wildman–Crippen LogP) is 3.62. The molecule has 0 saturated carbocycles. The molecule has 0 atom stereocenters. The molecule has 0 spiro atoms. The Morgan fingerprint density at radius 1 is 1.05 bits per heavy atom. The first-order chi connectivity index (χ1) is 10.6. The Bertz CT molecular complexity index is 1060. The second-order valence-corrected chi connectivity index (χ2v) is 5.03. The maximum atomic E-state index is 11.8. The molecule has 0 saturated heterocycles. The SMILES string of the molecule is Cc1nc2cc3c(-c4ccccc4)cc(=O)oc3c(O)c2o1. The maximum absolute atomic E-state index is 11.8. The van der Waals surface area contributed by atoms with Crippen LogP contribution in [-0.4, -0.2) is 10.1 Å². The Labute approximate surface area is 124 Å². The number of nitrogens with zero attached hydrogens (tertiary/aromatic N) is 1. The Hall–Kier alpha value is -3.08. The molecule has 5 nitrogen and oxygen atoms in total. The van der Waals surface area contributed by atoms with Gasteiger partial charge in [-0.2, -0.15) is 0 Å².